The van der Waals surface area contributed by atoms with E-state index in [0.29, 0.717) is 12.1 Å². The summed E-state index contributed by atoms with van der Waals surface area (Å²) in [7, 11) is 2.13. The Morgan fingerprint density at radius 3 is 2.79 bits per heavy atom. The van der Waals surface area contributed by atoms with Crippen LogP contribution in [0.4, 0.5) is 5.82 Å². The summed E-state index contributed by atoms with van der Waals surface area (Å²) < 4.78 is 0. The van der Waals surface area contributed by atoms with Crippen molar-refractivity contribution in [2.45, 2.75) is 39.3 Å². The molecule has 0 spiro atoms. The second-order valence-corrected chi connectivity index (χ2v) is 5.95. The second-order valence-electron chi connectivity index (χ2n) is 4.97. The lowest BCUT2D eigenvalue weighted by Gasteiger charge is -2.26. The molecule has 0 aromatic carbocycles. The van der Waals surface area contributed by atoms with Crippen LogP contribution in [0, 0.1) is 0 Å². The highest BCUT2D eigenvalue weighted by atomic mass is 32.2. The number of nitrogens with one attached hydrogen (secondary N) is 1. The fraction of sp³-hybridized carbons (Fsp3) is 0.667. The molecule has 3 nitrogen and oxygen atoms in total. The molecule has 1 heterocycles. The number of anilines is 1. The molecule has 0 aliphatic heterocycles. The number of nitrogens with zero attached hydrogens (tertiary/aromatic N) is 2. The molecule has 0 saturated carbocycles. The summed E-state index contributed by atoms with van der Waals surface area (Å²) in [5.41, 5.74) is 1.30. The summed E-state index contributed by atoms with van der Waals surface area (Å²) in [5, 5.41) is 3.44. The Labute approximate surface area is 122 Å². The van der Waals surface area contributed by atoms with Crippen molar-refractivity contribution in [1.29, 1.82) is 0 Å². The molecule has 108 valence electrons. The van der Waals surface area contributed by atoms with Crippen molar-refractivity contribution in [2.75, 3.05) is 30.5 Å². The van der Waals surface area contributed by atoms with E-state index in [9.17, 15) is 0 Å². The van der Waals surface area contributed by atoms with E-state index in [0.717, 1.165) is 12.4 Å². The van der Waals surface area contributed by atoms with Crippen molar-refractivity contribution in [3.8, 4) is 0 Å². The van der Waals surface area contributed by atoms with Crippen LogP contribution in [0.3, 0.4) is 0 Å². The van der Waals surface area contributed by atoms with E-state index in [-0.39, 0.29) is 0 Å². The van der Waals surface area contributed by atoms with Crippen LogP contribution >= 0.6 is 11.8 Å². The Hall–Kier alpha value is -0.740. The summed E-state index contributed by atoms with van der Waals surface area (Å²) in [5.74, 6) is 2.26. The topological polar surface area (TPSA) is 28.2 Å². The van der Waals surface area contributed by atoms with E-state index in [1.54, 1.807) is 0 Å². The molecule has 0 saturated heterocycles. The zero-order valence-electron chi connectivity index (χ0n) is 12.8. The van der Waals surface area contributed by atoms with Gasteiger partial charge in [0.2, 0.25) is 0 Å². The summed E-state index contributed by atoms with van der Waals surface area (Å²) in [6.07, 6.45) is 5.26. The minimum atomic E-state index is 0.377. The molecule has 1 rings (SSSR count). The molecular weight excluding hydrogens is 254 g/mol. The molecule has 0 radical (unpaired) electrons. The summed E-state index contributed by atoms with van der Waals surface area (Å²) in [6, 6.07) is 5.19. The van der Waals surface area contributed by atoms with Crippen molar-refractivity contribution in [1.82, 2.24) is 10.3 Å². The van der Waals surface area contributed by atoms with Crippen LogP contribution in [-0.4, -0.2) is 36.6 Å². The Morgan fingerprint density at radius 2 is 2.16 bits per heavy atom. The molecule has 1 aromatic heterocycles. The van der Waals surface area contributed by atoms with Gasteiger partial charge in [0.15, 0.2) is 0 Å². The summed E-state index contributed by atoms with van der Waals surface area (Å²) in [6.45, 7) is 7.58. The average Bonchev–Trinajstić information content (AvgIpc) is 2.44. The van der Waals surface area contributed by atoms with Crippen molar-refractivity contribution in [3.63, 3.8) is 0 Å². The molecule has 1 N–H and O–H groups in total. The van der Waals surface area contributed by atoms with Gasteiger partial charge in [0.05, 0.1) is 0 Å². The van der Waals surface area contributed by atoms with E-state index in [2.05, 4.69) is 61.4 Å². The highest BCUT2D eigenvalue weighted by Crippen LogP contribution is 2.20. The number of pyridine rings is 1. The van der Waals surface area contributed by atoms with Gasteiger partial charge >= 0.3 is 0 Å². The lowest BCUT2D eigenvalue weighted by atomic mass is 10.1. The molecule has 0 aliphatic rings. The predicted octanol–water partition coefficient (Wildman–Crippen LogP) is 3.33. The Morgan fingerprint density at radius 1 is 1.42 bits per heavy atom. The highest BCUT2D eigenvalue weighted by molar-refractivity contribution is 7.98. The van der Waals surface area contributed by atoms with Crippen molar-refractivity contribution < 1.29 is 0 Å². The molecule has 0 bridgehead atoms. The minimum absolute atomic E-state index is 0.377. The van der Waals surface area contributed by atoms with Gasteiger partial charge in [0.1, 0.15) is 5.82 Å². The van der Waals surface area contributed by atoms with Crippen LogP contribution in [0.25, 0.3) is 0 Å². The quantitative estimate of drug-likeness (QED) is 0.791. The molecule has 4 heteroatoms. The van der Waals surface area contributed by atoms with E-state index >= 15 is 0 Å². The lowest BCUT2D eigenvalue weighted by Crippen LogP contribution is -2.30. The largest absolute Gasteiger partial charge is 0.357 e. The highest BCUT2D eigenvalue weighted by Gasteiger charge is 2.12. The second kappa shape index (κ2) is 8.43. The fourth-order valence-electron chi connectivity index (χ4n) is 2.03. The van der Waals surface area contributed by atoms with Gasteiger partial charge in [-0.2, -0.15) is 11.8 Å². The van der Waals surface area contributed by atoms with Crippen LogP contribution in [-0.2, 0) is 0 Å². The van der Waals surface area contributed by atoms with E-state index in [1.807, 2.05) is 18.0 Å². The SMILES string of the molecule is CCNC(C)c1ccnc(N(C)C(C)CCSC)c1. The van der Waals surface area contributed by atoms with Crippen LogP contribution in [0.2, 0.25) is 0 Å². The van der Waals surface area contributed by atoms with Gasteiger partial charge in [-0.1, -0.05) is 6.92 Å². The van der Waals surface area contributed by atoms with Crippen molar-refractivity contribution in [2.24, 2.45) is 0 Å². The van der Waals surface area contributed by atoms with Crippen LogP contribution in [0.5, 0.6) is 0 Å². The van der Waals surface area contributed by atoms with Crippen LogP contribution < -0.4 is 10.2 Å². The first-order valence-corrected chi connectivity index (χ1v) is 8.40. The molecule has 1 aromatic rings. The zero-order valence-corrected chi connectivity index (χ0v) is 13.6. The van der Waals surface area contributed by atoms with E-state index in [1.165, 1.54) is 17.7 Å². The molecular formula is C15H27N3S. The lowest BCUT2D eigenvalue weighted by molar-refractivity contribution is 0.596. The number of aromatic nitrogens is 1. The average molecular weight is 281 g/mol. The third-order valence-corrected chi connectivity index (χ3v) is 4.19. The van der Waals surface area contributed by atoms with E-state index < -0.39 is 0 Å². The predicted molar refractivity (Wildman–Crippen MR) is 87.2 cm³/mol. The van der Waals surface area contributed by atoms with Gasteiger partial charge < -0.3 is 10.2 Å². The van der Waals surface area contributed by atoms with Gasteiger partial charge in [0, 0.05) is 25.3 Å². The van der Waals surface area contributed by atoms with Gasteiger partial charge in [-0.15, -0.1) is 0 Å². The maximum Gasteiger partial charge on any atom is 0.128 e. The third-order valence-electron chi connectivity index (χ3n) is 3.54. The number of hydrogen-bond donors (Lipinski definition) is 1. The Balaban J connectivity index is 2.74. The number of thioether (sulfide) groups is 1. The summed E-state index contributed by atoms with van der Waals surface area (Å²) >= 11 is 1.90. The number of hydrogen-bond acceptors (Lipinski definition) is 4. The zero-order chi connectivity index (χ0) is 14.3. The van der Waals surface area contributed by atoms with Gasteiger partial charge in [-0.25, -0.2) is 4.98 Å². The molecule has 2 unspecified atom stereocenters. The molecule has 0 amide bonds. The first kappa shape index (κ1) is 16.3. The van der Waals surface area contributed by atoms with E-state index in [4.69, 9.17) is 0 Å². The fourth-order valence-corrected chi connectivity index (χ4v) is 2.61. The van der Waals surface area contributed by atoms with Gasteiger partial charge in [-0.05, 0) is 56.5 Å². The molecule has 2 atom stereocenters. The summed E-state index contributed by atoms with van der Waals surface area (Å²) in [4.78, 5) is 6.78. The first-order valence-electron chi connectivity index (χ1n) is 7.01. The minimum Gasteiger partial charge on any atom is -0.357 e. The van der Waals surface area contributed by atoms with Crippen LogP contribution in [0.15, 0.2) is 18.3 Å². The third kappa shape index (κ3) is 5.03. The number of rotatable bonds is 8. The van der Waals surface area contributed by atoms with Crippen LogP contribution in [0.1, 0.15) is 38.8 Å². The molecule has 19 heavy (non-hydrogen) atoms. The maximum atomic E-state index is 4.50. The molecule has 0 fully saturated rings. The van der Waals surface area contributed by atoms with Gasteiger partial charge in [0.25, 0.3) is 0 Å². The van der Waals surface area contributed by atoms with Crippen molar-refractivity contribution in [3.05, 3.63) is 23.9 Å². The van der Waals surface area contributed by atoms with Crippen molar-refractivity contribution >= 4 is 17.6 Å². The Kier molecular flexibility index (Phi) is 7.24. The standard InChI is InChI=1S/C15H27N3S/c1-6-16-13(3)14-7-9-17-15(11-14)18(4)12(2)8-10-19-5/h7,9,11-13,16H,6,8,10H2,1-5H3. The smallest absolute Gasteiger partial charge is 0.128 e. The molecule has 0 aliphatic carbocycles. The maximum absolute atomic E-state index is 4.50. The first-order chi connectivity index (χ1) is 9.10. The Bertz CT molecular complexity index is 370. The normalized spacial score (nSPS) is 14.2. The van der Waals surface area contributed by atoms with Gasteiger partial charge in [-0.3, -0.25) is 0 Å². The monoisotopic (exact) mass is 281 g/mol.